The molecule has 5 rings (SSSR count). The molecule has 1 aliphatic rings. The van der Waals surface area contributed by atoms with E-state index in [-0.39, 0.29) is 24.0 Å². The topological polar surface area (TPSA) is 92.0 Å². The average molecular weight is 488 g/mol. The molecule has 1 aliphatic carbocycles. The van der Waals surface area contributed by atoms with Crippen molar-refractivity contribution in [3.63, 3.8) is 0 Å². The molecule has 0 saturated carbocycles. The molecule has 0 bridgehead atoms. The van der Waals surface area contributed by atoms with Crippen molar-refractivity contribution in [1.82, 2.24) is 25.0 Å². The van der Waals surface area contributed by atoms with Crippen LogP contribution in [-0.2, 0) is 23.1 Å². The second-order valence-corrected chi connectivity index (χ2v) is 9.30. The summed E-state index contributed by atoms with van der Waals surface area (Å²) in [4.78, 5) is 18.1. The largest absolute Gasteiger partial charge is 0.497 e. The normalized spacial score (nSPS) is 16.1. The Labute approximate surface area is 208 Å². The number of rotatable bonds is 7. The number of methoxy groups -OCH3 is 2. The highest BCUT2D eigenvalue weighted by molar-refractivity contribution is 5.98. The summed E-state index contributed by atoms with van der Waals surface area (Å²) in [6, 6.07) is 14.2. The van der Waals surface area contributed by atoms with Gasteiger partial charge in [-0.3, -0.25) is 4.79 Å². The molecule has 9 heteroatoms. The number of ketones is 1. The van der Waals surface area contributed by atoms with Gasteiger partial charge in [-0.2, -0.15) is 5.10 Å². The van der Waals surface area contributed by atoms with E-state index in [4.69, 9.17) is 14.5 Å². The molecular weight excluding hydrogens is 461 g/mol. The van der Waals surface area contributed by atoms with Gasteiger partial charge in [-0.25, -0.2) is 14.1 Å². The van der Waals surface area contributed by atoms with Crippen molar-refractivity contribution in [3.8, 4) is 17.4 Å². The Balaban J connectivity index is 1.50. The third kappa shape index (κ3) is 4.10. The Hall–Kier alpha value is -4.14. The van der Waals surface area contributed by atoms with E-state index in [9.17, 15) is 9.18 Å². The van der Waals surface area contributed by atoms with Gasteiger partial charge in [-0.05, 0) is 49.6 Å². The average Bonchev–Trinajstić information content (AvgIpc) is 3.38. The number of Topliss-reactive ketones (excluding diaryl/α,β-unsaturated/α-hetero) is 1. The molecule has 184 valence electrons. The van der Waals surface area contributed by atoms with Gasteiger partial charge in [0.2, 0.25) is 0 Å². The monoisotopic (exact) mass is 487 g/mol. The molecule has 0 aliphatic heterocycles. The minimum atomic E-state index is -0.803. The number of carbonyl (C=O) groups excluding carboxylic acids is 1. The first kappa shape index (κ1) is 23.6. The molecule has 2 aromatic carbocycles. The summed E-state index contributed by atoms with van der Waals surface area (Å²) in [6.07, 6.45) is 2.37. The van der Waals surface area contributed by atoms with Crippen LogP contribution in [0.2, 0.25) is 0 Å². The maximum atomic E-state index is 14.2. The quantitative estimate of drug-likeness (QED) is 0.389. The number of ether oxygens (including phenoxy) is 2. The van der Waals surface area contributed by atoms with E-state index in [1.54, 1.807) is 31.5 Å². The Morgan fingerprint density at radius 3 is 2.47 bits per heavy atom. The lowest BCUT2D eigenvalue weighted by Gasteiger charge is -2.16. The molecular formula is C27H26FN5O3. The number of fused-ring (bicyclic) bond motifs is 1. The van der Waals surface area contributed by atoms with Gasteiger partial charge < -0.3 is 9.47 Å². The molecule has 2 heterocycles. The van der Waals surface area contributed by atoms with E-state index in [1.807, 2.05) is 38.1 Å². The van der Waals surface area contributed by atoms with Crippen LogP contribution < -0.4 is 9.47 Å². The fourth-order valence-corrected chi connectivity index (χ4v) is 4.59. The number of hydrogen-bond acceptors (Lipinski definition) is 7. The molecule has 1 unspecified atom stereocenters. The summed E-state index contributed by atoms with van der Waals surface area (Å²) in [6.45, 7) is 3.70. The molecule has 0 spiro atoms. The summed E-state index contributed by atoms with van der Waals surface area (Å²) in [7, 11) is 3.14. The second-order valence-electron chi connectivity index (χ2n) is 9.30. The smallest absolute Gasteiger partial charge is 0.270 e. The Bertz CT molecular complexity index is 1430. The van der Waals surface area contributed by atoms with Crippen LogP contribution in [0.25, 0.3) is 5.95 Å². The zero-order valence-electron chi connectivity index (χ0n) is 20.5. The van der Waals surface area contributed by atoms with Crippen LogP contribution >= 0.6 is 0 Å². The fourth-order valence-electron chi connectivity index (χ4n) is 4.59. The lowest BCUT2D eigenvalue weighted by molar-refractivity contribution is -0.123. The van der Waals surface area contributed by atoms with Crippen molar-refractivity contribution in [2.24, 2.45) is 0 Å². The molecule has 0 fully saturated rings. The molecule has 0 saturated heterocycles. The molecule has 4 aromatic rings. The molecule has 0 amide bonds. The van der Waals surface area contributed by atoms with Gasteiger partial charge in [0.1, 0.15) is 17.3 Å². The minimum Gasteiger partial charge on any atom is -0.497 e. The van der Waals surface area contributed by atoms with Crippen LogP contribution in [-0.4, -0.2) is 45.0 Å². The van der Waals surface area contributed by atoms with E-state index in [1.165, 1.54) is 17.9 Å². The fraction of sp³-hybridized carbons (Fsp3) is 0.296. The molecule has 36 heavy (non-hydrogen) atoms. The number of halogens is 1. The van der Waals surface area contributed by atoms with Crippen molar-refractivity contribution in [2.75, 3.05) is 14.2 Å². The standard InChI is InChI=1S/C27H26FN5O3/c1-27(2)24-23(19(25(27)34)13-16-9-11-18(35-3)12-10-16)29-26(31-30-24)33-15-22(36-4)21(32-33)14-17-7-5-6-8-20(17)28/h5-12,15,19H,13-14H2,1-4H3. The lowest BCUT2D eigenvalue weighted by atomic mass is 9.85. The summed E-state index contributed by atoms with van der Waals surface area (Å²) >= 11 is 0. The highest BCUT2D eigenvalue weighted by Gasteiger charge is 2.48. The van der Waals surface area contributed by atoms with Crippen LogP contribution in [0.1, 0.15) is 48.0 Å². The van der Waals surface area contributed by atoms with Crippen molar-refractivity contribution in [1.29, 1.82) is 0 Å². The zero-order valence-corrected chi connectivity index (χ0v) is 20.5. The van der Waals surface area contributed by atoms with Gasteiger partial charge in [-0.15, -0.1) is 10.2 Å². The van der Waals surface area contributed by atoms with Crippen molar-refractivity contribution < 1.29 is 18.7 Å². The number of aromatic nitrogens is 5. The summed E-state index contributed by atoms with van der Waals surface area (Å²) < 4.78 is 26.4. The predicted molar refractivity (Wildman–Crippen MR) is 130 cm³/mol. The molecule has 0 N–H and O–H groups in total. The number of hydrogen-bond donors (Lipinski definition) is 0. The zero-order chi connectivity index (χ0) is 25.4. The van der Waals surface area contributed by atoms with Crippen LogP contribution in [0.5, 0.6) is 11.5 Å². The van der Waals surface area contributed by atoms with Crippen LogP contribution in [0, 0.1) is 5.82 Å². The number of benzene rings is 2. The van der Waals surface area contributed by atoms with Gasteiger partial charge in [0.15, 0.2) is 11.5 Å². The van der Waals surface area contributed by atoms with Crippen LogP contribution in [0.3, 0.4) is 0 Å². The summed E-state index contributed by atoms with van der Waals surface area (Å²) in [5.41, 5.74) is 2.39. The van der Waals surface area contributed by atoms with Crippen molar-refractivity contribution in [2.45, 2.75) is 38.0 Å². The SMILES string of the molecule is COc1ccc(CC2C(=O)C(C)(C)c3nnc(-n4cc(OC)c(Cc5ccccc5F)n4)nc32)cc1. The van der Waals surface area contributed by atoms with Gasteiger partial charge in [0.25, 0.3) is 5.95 Å². The van der Waals surface area contributed by atoms with E-state index in [0.29, 0.717) is 34.8 Å². The minimum absolute atomic E-state index is 0.0468. The predicted octanol–water partition coefficient (Wildman–Crippen LogP) is 3.99. The first-order chi connectivity index (χ1) is 17.3. The number of carbonyl (C=O) groups is 1. The summed E-state index contributed by atoms with van der Waals surface area (Å²) in [5, 5.41) is 13.2. The molecule has 8 nitrogen and oxygen atoms in total. The third-order valence-electron chi connectivity index (χ3n) is 6.65. The number of nitrogens with zero attached hydrogens (tertiary/aromatic N) is 5. The lowest BCUT2D eigenvalue weighted by Crippen LogP contribution is -2.27. The first-order valence-electron chi connectivity index (χ1n) is 11.6. The van der Waals surface area contributed by atoms with Crippen molar-refractivity contribution in [3.05, 3.63) is 88.8 Å². The maximum absolute atomic E-state index is 14.2. The molecule has 2 aromatic heterocycles. The van der Waals surface area contributed by atoms with Crippen molar-refractivity contribution >= 4 is 5.78 Å². The molecule has 0 radical (unpaired) electrons. The van der Waals surface area contributed by atoms with Crippen LogP contribution in [0.4, 0.5) is 4.39 Å². The van der Waals surface area contributed by atoms with Crippen LogP contribution in [0.15, 0.2) is 54.7 Å². The Morgan fingerprint density at radius 2 is 1.78 bits per heavy atom. The Morgan fingerprint density at radius 1 is 1.03 bits per heavy atom. The highest BCUT2D eigenvalue weighted by Crippen LogP contribution is 2.42. The van der Waals surface area contributed by atoms with Gasteiger partial charge in [-0.1, -0.05) is 30.3 Å². The van der Waals surface area contributed by atoms with E-state index < -0.39 is 11.3 Å². The van der Waals surface area contributed by atoms with Gasteiger partial charge in [0.05, 0.1) is 43.1 Å². The third-order valence-corrected chi connectivity index (χ3v) is 6.65. The van der Waals surface area contributed by atoms with Gasteiger partial charge >= 0.3 is 0 Å². The van der Waals surface area contributed by atoms with Gasteiger partial charge in [0, 0.05) is 6.42 Å². The molecule has 1 atom stereocenters. The first-order valence-corrected chi connectivity index (χ1v) is 11.6. The highest BCUT2D eigenvalue weighted by atomic mass is 19.1. The van der Waals surface area contributed by atoms with E-state index in [2.05, 4.69) is 15.3 Å². The maximum Gasteiger partial charge on any atom is 0.270 e. The summed E-state index contributed by atoms with van der Waals surface area (Å²) in [5.74, 6) is 0.721. The second kappa shape index (κ2) is 9.14. The van der Waals surface area contributed by atoms with E-state index >= 15 is 0 Å². The Kier molecular flexibility index (Phi) is 5.99. The van der Waals surface area contributed by atoms with E-state index in [0.717, 1.165) is 11.3 Å².